The van der Waals surface area contributed by atoms with Gasteiger partial charge in [-0.1, -0.05) is 12.8 Å². The van der Waals surface area contributed by atoms with Crippen molar-refractivity contribution in [2.45, 2.75) is 38.1 Å². The van der Waals surface area contributed by atoms with Crippen LogP contribution in [-0.4, -0.2) is 12.6 Å². The predicted molar refractivity (Wildman–Crippen MR) is 38.4 cm³/mol. The van der Waals surface area contributed by atoms with Crippen molar-refractivity contribution in [2.24, 2.45) is 5.92 Å². The first kappa shape index (κ1) is 5.72. The van der Waals surface area contributed by atoms with Crippen LogP contribution in [-0.2, 0) is 0 Å². The number of fused-ring (bicyclic) bond motifs is 2. The fraction of sp³-hybridized carbons (Fsp3) is 1.00. The van der Waals surface area contributed by atoms with Crippen molar-refractivity contribution < 1.29 is 0 Å². The van der Waals surface area contributed by atoms with Gasteiger partial charge in [-0.05, 0) is 31.7 Å². The van der Waals surface area contributed by atoms with Crippen molar-refractivity contribution >= 4 is 0 Å². The summed E-state index contributed by atoms with van der Waals surface area (Å²) in [7, 11) is 0. The lowest BCUT2D eigenvalue weighted by Gasteiger charge is -2.34. The van der Waals surface area contributed by atoms with Gasteiger partial charge in [0, 0.05) is 6.04 Å². The molecule has 2 atom stereocenters. The summed E-state index contributed by atoms with van der Waals surface area (Å²) >= 11 is 0. The van der Waals surface area contributed by atoms with Gasteiger partial charge in [-0.25, -0.2) is 0 Å². The number of rotatable bonds is 0. The van der Waals surface area contributed by atoms with Crippen LogP contribution in [0.3, 0.4) is 0 Å². The molecule has 52 valence electrons. The first-order valence-corrected chi connectivity index (χ1v) is 4.18. The average Bonchev–Trinajstić information content (AvgIpc) is 1.88. The molecule has 0 spiro atoms. The largest absolute Gasteiger partial charge is 0.314 e. The van der Waals surface area contributed by atoms with Gasteiger partial charge in [-0.2, -0.15) is 0 Å². The zero-order chi connectivity index (χ0) is 6.10. The maximum absolute atomic E-state index is 3.55. The Morgan fingerprint density at radius 2 is 2.11 bits per heavy atom. The highest BCUT2D eigenvalue weighted by atomic mass is 14.9. The molecule has 2 rings (SSSR count). The van der Waals surface area contributed by atoms with E-state index in [-0.39, 0.29) is 0 Å². The third kappa shape index (κ3) is 1.11. The molecule has 0 aromatic rings. The molecular weight excluding hydrogens is 110 g/mol. The molecule has 1 heterocycles. The molecule has 1 heteroatoms. The van der Waals surface area contributed by atoms with Gasteiger partial charge >= 0.3 is 0 Å². The lowest BCUT2D eigenvalue weighted by Crippen LogP contribution is -2.40. The standard InChI is InChI=1S/C8H15N/c1-2-7-4-5-9-8(3-1)6-7/h7-9H,1-6H2/t7-,8-/m1/s1. The minimum absolute atomic E-state index is 0.900. The van der Waals surface area contributed by atoms with Crippen molar-refractivity contribution in [3.8, 4) is 0 Å². The Bertz CT molecular complexity index is 80.7. The second-order valence-electron chi connectivity index (χ2n) is 3.47. The van der Waals surface area contributed by atoms with E-state index in [4.69, 9.17) is 0 Å². The zero-order valence-corrected chi connectivity index (χ0v) is 5.90. The van der Waals surface area contributed by atoms with E-state index in [2.05, 4.69) is 5.32 Å². The quantitative estimate of drug-likeness (QED) is 0.518. The Morgan fingerprint density at radius 3 is 2.89 bits per heavy atom. The highest BCUT2D eigenvalue weighted by Gasteiger charge is 2.24. The fourth-order valence-corrected chi connectivity index (χ4v) is 2.23. The van der Waals surface area contributed by atoms with Crippen LogP contribution < -0.4 is 5.32 Å². The van der Waals surface area contributed by atoms with Crippen molar-refractivity contribution in [3.05, 3.63) is 0 Å². The molecule has 0 aromatic heterocycles. The van der Waals surface area contributed by atoms with Crippen LogP contribution in [0, 0.1) is 5.92 Å². The van der Waals surface area contributed by atoms with E-state index < -0.39 is 0 Å². The average molecular weight is 125 g/mol. The summed E-state index contributed by atoms with van der Waals surface area (Å²) in [6.45, 7) is 1.29. The zero-order valence-electron chi connectivity index (χ0n) is 5.90. The molecule has 0 radical (unpaired) electrons. The van der Waals surface area contributed by atoms with Crippen LogP contribution in [0.5, 0.6) is 0 Å². The minimum Gasteiger partial charge on any atom is -0.314 e. The van der Waals surface area contributed by atoms with Gasteiger partial charge in [0.2, 0.25) is 0 Å². The molecule has 1 saturated carbocycles. The van der Waals surface area contributed by atoms with Gasteiger partial charge < -0.3 is 5.32 Å². The molecule has 0 amide bonds. The minimum atomic E-state index is 0.900. The second kappa shape index (κ2) is 2.30. The number of nitrogens with one attached hydrogen (secondary N) is 1. The maximum atomic E-state index is 3.55. The molecule has 2 bridgehead atoms. The smallest absolute Gasteiger partial charge is 0.00697 e. The molecule has 1 nitrogen and oxygen atoms in total. The molecule has 1 aliphatic heterocycles. The van der Waals surface area contributed by atoms with Crippen LogP contribution in [0.15, 0.2) is 0 Å². The van der Waals surface area contributed by atoms with E-state index in [1.807, 2.05) is 0 Å². The van der Waals surface area contributed by atoms with Crippen LogP contribution >= 0.6 is 0 Å². The summed E-state index contributed by atoms with van der Waals surface area (Å²) in [5, 5.41) is 3.55. The maximum Gasteiger partial charge on any atom is 0.00697 e. The highest BCUT2D eigenvalue weighted by molar-refractivity contribution is 4.82. The van der Waals surface area contributed by atoms with Crippen LogP contribution in [0.25, 0.3) is 0 Å². The summed E-state index contributed by atoms with van der Waals surface area (Å²) < 4.78 is 0. The molecule has 1 N–H and O–H groups in total. The van der Waals surface area contributed by atoms with E-state index in [1.54, 1.807) is 0 Å². The predicted octanol–water partition coefficient (Wildman–Crippen LogP) is 1.54. The van der Waals surface area contributed by atoms with Gasteiger partial charge in [0.1, 0.15) is 0 Å². The number of hydrogen-bond acceptors (Lipinski definition) is 1. The molecule has 1 aliphatic carbocycles. The van der Waals surface area contributed by atoms with Gasteiger partial charge in [0.25, 0.3) is 0 Å². The normalized spacial score (nSPS) is 42.7. The van der Waals surface area contributed by atoms with Gasteiger partial charge in [0.05, 0.1) is 0 Å². The van der Waals surface area contributed by atoms with Crippen LogP contribution in [0.2, 0.25) is 0 Å². The summed E-state index contributed by atoms with van der Waals surface area (Å²) in [5.74, 6) is 1.09. The number of piperidine rings is 1. The summed E-state index contributed by atoms with van der Waals surface area (Å²) in [4.78, 5) is 0. The Hall–Kier alpha value is -0.0400. The molecule has 0 aromatic carbocycles. The molecule has 9 heavy (non-hydrogen) atoms. The van der Waals surface area contributed by atoms with Crippen LogP contribution in [0.4, 0.5) is 0 Å². The number of hydrogen-bond donors (Lipinski definition) is 1. The molecule has 0 unspecified atom stereocenters. The van der Waals surface area contributed by atoms with Crippen molar-refractivity contribution in [1.29, 1.82) is 0 Å². The molecule has 2 aliphatic rings. The summed E-state index contributed by atoms with van der Waals surface area (Å²) in [6, 6.07) is 0.900. The topological polar surface area (TPSA) is 12.0 Å². The van der Waals surface area contributed by atoms with Gasteiger partial charge in [-0.3, -0.25) is 0 Å². The summed E-state index contributed by atoms with van der Waals surface area (Å²) in [5.41, 5.74) is 0. The highest BCUT2D eigenvalue weighted by Crippen LogP contribution is 2.29. The fourth-order valence-electron chi connectivity index (χ4n) is 2.23. The Balaban J connectivity index is 1.96. The Kier molecular flexibility index (Phi) is 1.46. The monoisotopic (exact) mass is 125 g/mol. The van der Waals surface area contributed by atoms with Crippen molar-refractivity contribution in [1.82, 2.24) is 5.32 Å². The van der Waals surface area contributed by atoms with Crippen molar-refractivity contribution in [3.63, 3.8) is 0 Å². The van der Waals surface area contributed by atoms with Crippen molar-refractivity contribution in [2.75, 3.05) is 6.54 Å². The van der Waals surface area contributed by atoms with E-state index in [9.17, 15) is 0 Å². The van der Waals surface area contributed by atoms with E-state index in [0.29, 0.717) is 0 Å². The molecule has 2 fully saturated rings. The first-order valence-electron chi connectivity index (χ1n) is 4.18. The lowest BCUT2D eigenvalue weighted by molar-refractivity contribution is 0.225. The first-order chi connectivity index (χ1) is 4.45. The molecular formula is C8H15N. The van der Waals surface area contributed by atoms with Crippen LogP contribution in [0.1, 0.15) is 32.1 Å². The third-order valence-corrected chi connectivity index (χ3v) is 2.77. The SMILES string of the molecule is C1C[C@@H]2CCN[C@H](C1)C2. The second-order valence-corrected chi connectivity index (χ2v) is 3.47. The molecule has 1 saturated heterocycles. The van der Waals surface area contributed by atoms with E-state index in [0.717, 1.165) is 12.0 Å². The summed E-state index contributed by atoms with van der Waals surface area (Å²) in [6.07, 6.45) is 7.34. The van der Waals surface area contributed by atoms with E-state index in [1.165, 1.54) is 38.6 Å². The Labute approximate surface area is 56.8 Å². The van der Waals surface area contributed by atoms with Gasteiger partial charge in [0.15, 0.2) is 0 Å². The van der Waals surface area contributed by atoms with E-state index >= 15 is 0 Å². The lowest BCUT2D eigenvalue weighted by atomic mass is 9.81. The van der Waals surface area contributed by atoms with Gasteiger partial charge in [-0.15, -0.1) is 0 Å². The Morgan fingerprint density at radius 1 is 1.11 bits per heavy atom. The third-order valence-electron chi connectivity index (χ3n) is 2.77.